The molecular formula is C17H19ClO3. The van der Waals surface area contributed by atoms with Gasteiger partial charge < -0.3 is 14.9 Å². The average molecular weight is 307 g/mol. The summed E-state index contributed by atoms with van der Waals surface area (Å²) in [6.07, 6.45) is -0.694. The molecule has 112 valence electrons. The van der Waals surface area contributed by atoms with Crippen molar-refractivity contribution in [3.8, 4) is 5.75 Å². The molecule has 0 aliphatic rings. The summed E-state index contributed by atoms with van der Waals surface area (Å²) in [5, 5.41) is 20.8. The highest BCUT2D eigenvalue weighted by molar-refractivity contribution is 6.30. The van der Waals surface area contributed by atoms with E-state index in [1.165, 1.54) is 0 Å². The van der Waals surface area contributed by atoms with Gasteiger partial charge in [-0.05, 0) is 37.6 Å². The number of halogens is 1. The fraction of sp³-hybridized carbons (Fsp3) is 0.294. The molecular weight excluding hydrogens is 288 g/mol. The molecule has 2 N–H and O–H groups in total. The summed E-state index contributed by atoms with van der Waals surface area (Å²) in [4.78, 5) is 0. The zero-order valence-electron chi connectivity index (χ0n) is 12.1. The Labute approximate surface area is 129 Å². The van der Waals surface area contributed by atoms with E-state index in [0.29, 0.717) is 16.3 Å². The van der Waals surface area contributed by atoms with Crippen LogP contribution in [0.5, 0.6) is 5.75 Å². The molecule has 2 aromatic carbocycles. The van der Waals surface area contributed by atoms with Gasteiger partial charge in [0.15, 0.2) is 0 Å². The minimum Gasteiger partial charge on any atom is -0.490 e. The topological polar surface area (TPSA) is 49.7 Å². The first-order valence-corrected chi connectivity index (χ1v) is 7.16. The molecule has 0 aliphatic carbocycles. The second kappa shape index (κ2) is 6.48. The van der Waals surface area contributed by atoms with E-state index in [-0.39, 0.29) is 6.61 Å². The van der Waals surface area contributed by atoms with Crippen molar-refractivity contribution < 1.29 is 14.9 Å². The molecule has 2 rings (SSSR count). The van der Waals surface area contributed by atoms with Crippen LogP contribution in [0.15, 0.2) is 48.5 Å². The molecule has 2 atom stereocenters. The van der Waals surface area contributed by atoms with Gasteiger partial charge in [-0.3, -0.25) is 0 Å². The number of hydrogen-bond acceptors (Lipinski definition) is 3. The SMILES string of the molecule is CC(O)c1cc(Cl)ccc1OCC(C)(O)c1ccccc1. The Morgan fingerprint density at radius 2 is 1.86 bits per heavy atom. The van der Waals surface area contributed by atoms with Crippen molar-refractivity contribution >= 4 is 11.6 Å². The third kappa shape index (κ3) is 3.97. The lowest BCUT2D eigenvalue weighted by Gasteiger charge is -2.25. The highest BCUT2D eigenvalue weighted by Crippen LogP contribution is 2.30. The number of aliphatic hydroxyl groups excluding tert-OH is 1. The molecule has 4 heteroatoms. The molecule has 2 aromatic rings. The van der Waals surface area contributed by atoms with Gasteiger partial charge in [-0.15, -0.1) is 0 Å². The zero-order valence-corrected chi connectivity index (χ0v) is 12.8. The normalized spacial score (nSPS) is 15.3. The van der Waals surface area contributed by atoms with Crippen molar-refractivity contribution in [3.63, 3.8) is 0 Å². The van der Waals surface area contributed by atoms with E-state index in [0.717, 1.165) is 5.56 Å². The van der Waals surface area contributed by atoms with Crippen LogP contribution in [0.3, 0.4) is 0 Å². The summed E-state index contributed by atoms with van der Waals surface area (Å²) >= 11 is 5.93. The Balaban J connectivity index is 2.16. The van der Waals surface area contributed by atoms with Crippen LogP contribution >= 0.6 is 11.6 Å². The van der Waals surface area contributed by atoms with Crippen molar-refractivity contribution in [2.24, 2.45) is 0 Å². The van der Waals surface area contributed by atoms with Crippen LogP contribution < -0.4 is 4.74 Å². The summed E-state index contributed by atoms with van der Waals surface area (Å²) in [6.45, 7) is 3.42. The standard InChI is InChI=1S/C17H19ClO3/c1-12(19)15-10-14(18)8-9-16(15)21-11-17(2,20)13-6-4-3-5-7-13/h3-10,12,19-20H,11H2,1-2H3. The molecule has 3 nitrogen and oxygen atoms in total. The molecule has 0 amide bonds. The van der Waals surface area contributed by atoms with Gasteiger partial charge in [0.05, 0.1) is 6.10 Å². The Bertz CT molecular complexity index is 594. The van der Waals surface area contributed by atoms with Gasteiger partial charge in [-0.1, -0.05) is 41.9 Å². The number of hydrogen-bond donors (Lipinski definition) is 2. The Kier molecular flexibility index (Phi) is 4.88. The van der Waals surface area contributed by atoms with Crippen LogP contribution in [-0.2, 0) is 5.60 Å². The maximum atomic E-state index is 10.5. The zero-order chi connectivity index (χ0) is 15.5. The smallest absolute Gasteiger partial charge is 0.125 e. The van der Waals surface area contributed by atoms with Crippen LogP contribution in [0, 0.1) is 0 Å². The first-order valence-electron chi connectivity index (χ1n) is 6.78. The van der Waals surface area contributed by atoms with Crippen molar-refractivity contribution in [2.45, 2.75) is 25.6 Å². The largest absolute Gasteiger partial charge is 0.490 e. The van der Waals surface area contributed by atoms with E-state index in [1.54, 1.807) is 32.0 Å². The lowest BCUT2D eigenvalue weighted by molar-refractivity contribution is 0.00657. The summed E-state index contributed by atoms with van der Waals surface area (Å²) in [5.74, 6) is 0.519. The Morgan fingerprint density at radius 3 is 2.48 bits per heavy atom. The van der Waals surface area contributed by atoms with Gasteiger partial charge in [-0.2, -0.15) is 0 Å². The minimum absolute atomic E-state index is 0.0817. The van der Waals surface area contributed by atoms with Gasteiger partial charge in [-0.25, -0.2) is 0 Å². The van der Waals surface area contributed by atoms with Crippen molar-refractivity contribution in [2.75, 3.05) is 6.61 Å². The van der Waals surface area contributed by atoms with Crippen molar-refractivity contribution in [1.29, 1.82) is 0 Å². The fourth-order valence-electron chi connectivity index (χ4n) is 2.08. The molecule has 0 radical (unpaired) electrons. The first-order chi connectivity index (χ1) is 9.90. The maximum absolute atomic E-state index is 10.5. The number of benzene rings is 2. The number of aliphatic hydroxyl groups is 2. The van der Waals surface area contributed by atoms with Crippen LogP contribution in [0.25, 0.3) is 0 Å². The Hall–Kier alpha value is -1.55. The number of rotatable bonds is 5. The molecule has 0 aromatic heterocycles. The molecule has 0 saturated heterocycles. The van der Waals surface area contributed by atoms with Crippen molar-refractivity contribution in [3.05, 3.63) is 64.7 Å². The highest BCUT2D eigenvalue weighted by Gasteiger charge is 2.24. The van der Waals surface area contributed by atoms with Gasteiger partial charge >= 0.3 is 0 Å². The summed E-state index contributed by atoms with van der Waals surface area (Å²) in [6, 6.07) is 14.4. The molecule has 0 aliphatic heterocycles. The summed E-state index contributed by atoms with van der Waals surface area (Å²) < 4.78 is 5.70. The third-order valence-electron chi connectivity index (χ3n) is 3.33. The minimum atomic E-state index is -1.11. The predicted molar refractivity (Wildman–Crippen MR) is 83.6 cm³/mol. The second-order valence-electron chi connectivity index (χ2n) is 5.29. The van der Waals surface area contributed by atoms with E-state index in [4.69, 9.17) is 16.3 Å². The molecule has 0 saturated carbocycles. The molecule has 0 heterocycles. The van der Waals surface area contributed by atoms with E-state index in [2.05, 4.69) is 0 Å². The first kappa shape index (κ1) is 15.8. The van der Waals surface area contributed by atoms with Gasteiger partial charge in [0, 0.05) is 10.6 Å². The molecule has 21 heavy (non-hydrogen) atoms. The van der Waals surface area contributed by atoms with Gasteiger partial charge in [0.1, 0.15) is 18.0 Å². The maximum Gasteiger partial charge on any atom is 0.125 e. The average Bonchev–Trinajstić information content (AvgIpc) is 2.47. The molecule has 0 spiro atoms. The van der Waals surface area contributed by atoms with E-state index in [1.807, 2.05) is 30.3 Å². The van der Waals surface area contributed by atoms with Crippen LogP contribution in [0.4, 0.5) is 0 Å². The lowest BCUT2D eigenvalue weighted by Crippen LogP contribution is -2.29. The van der Waals surface area contributed by atoms with Gasteiger partial charge in [0.2, 0.25) is 0 Å². The van der Waals surface area contributed by atoms with Gasteiger partial charge in [0.25, 0.3) is 0 Å². The fourth-order valence-corrected chi connectivity index (χ4v) is 2.26. The third-order valence-corrected chi connectivity index (χ3v) is 3.56. The molecule has 0 bridgehead atoms. The number of ether oxygens (including phenoxy) is 1. The highest BCUT2D eigenvalue weighted by atomic mass is 35.5. The van der Waals surface area contributed by atoms with Crippen molar-refractivity contribution in [1.82, 2.24) is 0 Å². The van der Waals surface area contributed by atoms with E-state index < -0.39 is 11.7 Å². The molecule has 2 unspecified atom stereocenters. The monoisotopic (exact) mass is 306 g/mol. The quantitative estimate of drug-likeness (QED) is 0.886. The van der Waals surface area contributed by atoms with Crippen LogP contribution in [0.1, 0.15) is 31.1 Å². The van der Waals surface area contributed by atoms with Crippen LogP contribution in [-0.4, -0.2) is 16.8 Å². The lowest BCUT2D eigenvalue weighted by atomic mass is 9.97. The second-order valence-corrected chi connectivity index (χ2v) is 5.72. The van der Waals surface area contributed by atoms with E-state index in [9.17, 15) is 10.2 Å². The van der Waals surface area contributed by atoms with Crippen LogP contribution in [0.2, 0.25) is 5.02 Å². The summed E-state index contributed by atoms with van der Waals surface area (Å²) in [5.41, 5.74) is 0.264. The van der Waals surface area contributed by atoms with E-state index >= 15 is 0 Å². The predicted octanol–water partition coefficient (Wildman–Crippen LogP) is 3.68. The molecule has 0 fully saturated rings. The summed E-state index contributed by atoms with van der Waals surface area (Å²) in [7, 11) is 0. The Morgan fingerprint density at radius 1 is 1.19 bits per heavy atom.